The number of anilines is 1. The Balaban J connectivity index is 2.10. The molecule has 1 fully saturated rings. The van der Waals surface area contributed by atoms with Crippen LogP contribution >= 0.6 is 0 Å². The lowest BCUT2D eigenvalue weighted by Crippen LogP contribution is -2.57. The number of benzene rings is 1. The lowest BCUT2D eigenvalue weighted by molar-refractivity contribution is -0.168. The van der Waals surface area contributed by atoms with Crippen molar-refractivity contribution in [2.24, 2.45) is 0 Å². The molecule has 0 aliphatic heterocycles. The summed E-state index contributed by atoms with van der Waals surface area (Å²) in [5.74, 6) is -0.705. The fourth-order valence-electron chi connectivity index (χ4n) is 2.23. The number of aliphatic hydroxyl groups excluding tert-OH is 3. The van der Waals surface area contributed by atoms with Gasteiger partial charge in [0.25, 0.3) is 5.91 Å². The smallest absolute Gasteiger partial charge is 0.256 e. The molecule has 1 aliphatic rings. The van der Waals surface area contributed by atoms with Crippen LogP contribution in [0.25, 0.3) is 0 Å². The minimum Gasteiger partial charge on any atom is -0.390 e. The molecular formula is C13H17NO5. The molecule has 0 radical (unpaired) electrons. The van der Waals surface area contributed by atoms with Crippen LogP contribution in [-0.2, 0) is 4.79 Å². The van der Waals surface area contributed by atoms with Crippen LogP contribution in [0.1, 0.15) is 12.8 Å². The molecule has 0 spiro atoms. The Morgan fingerprint density at radius 3 is 2.16 bits per heavy atom. The van der Waals surface area contributed by atoms with E-state index in [1.54, 1.807) is 30.3 Å². The van der Waals surface area contributed by atoms with Crippen LogP contribution in [-0.4, -0.2) is 50.2 Å². The number of carbonyl (C=O) groups excluding carboxylic acids is 1. The summed E-state index contributed by atoms with van der Waals surface area (Å²) in [5, 5.41) is 41.2. The molecule has 104 valence electrons. The van der Waals surface area contributed by atoms with E-state index < -0.39 is 29.8 Å². The van der Waals surface area contributed by atoms with Crippen molar-refractivity contribution in [1.29, 1.82) is 0 Å². The standard InChI is InChI=1S/C13H17NO5/c15-9-6-13(19,7-10(16)11(9)17)12(18)14-8-4-2-1-3-5-8/h1-5,9-11,15-17,19H,6-7H2,(H,14,18)/t9-,10-,11?,13?/m1/s1. The Bertz CT molecular complexity index is 438. The Morgan fingerprint density at radius 2 is 1.63 bits per heavy atom. The number of amides is 1. The van der Waals surface area contributed by atoms with Crippen LogP contribution in [0.4, 0.5) is 5.69 Å². The Labute approximate surface area is 110 Å². The van der Waals surface area contributed by atoms with Crippen molar-refractivity contribution in [3.8, 4) is 0 Å². The molecule has 5 N–H and O–H groups in total. The number of aliphatic hydroxyl groups is 4. The van der Waals surface area contributed by atoms with Gasteiger partial charge in [-0.15, -0.1) is 0 Å². The largest absolute Gasteiger partial charge is 0.390 e. The van der Waals surface area contributed by atoms with Gasteiger partial charge in [0.05, 0.1) is 12.2 Å². The molecule has 6 nitrogen and oxygen atoms in total. The third-order valence-electron chi connectivity index (χ3n) is 3.34. The summed E-state index contributed by atoms with van der Waals surface area (Å²) < 4.78 is 0. The number of hydrogen-bond donors (Lipinski definition) is 5. The predicted molar refractivity (Wildman–Crippen MR) is 67.3 cm³/mol. The molecule has 1 aromatic carbocycles. The van der Waals surface area contributed by atoms with Gasteiger partial charge in [-0.1, -0.05) is 18.2 Å². The van der Waals surface area contributed by atoms with E-state index in [1.165, 1.54) is 0 Å². The zero-order valence-electron chi connectivity index (χ0n) is 10.2. The van der Waals surface area contributed by atoms with Crippen molar-refractivity contribution in [2.45, 2.75) is 36.8 Å². The van der Waals surface area contributed by atoms with Crippen molar-refractivity contribution in [3.05, 3.63) is 30.3 Å². The van der Waals surface area contributed by atoms with Gasteiger partial charge in [-0.05, 0) is 12.1 Å². The molecule has 0 unspecified atom stereocenters. The molecule has 0 bridgehead atoms. The molecule has 0 saturated heterocycles. The Morgan fingerprint density at radius 1 is 1.11 bits per heavy atom. The van der Waals surface area contributed by atoms with Gasteiger partial charge in [0, 0.05) is 18.5 Å². The molecule has 1 aliphatic carbocycles. The lowest BCUT2D eigenvalue weighted by Gasteiger charge is -2.39. The summed E-state index contributed by atoms with van der Waals surface area (Å²) in [5.41, 5.74) is -1.38. The van der Waals surface area contributed by atoms with Gasteiger partial charge in [-0.3, -0.25) is 4.79 Å². The van der Waals surface area contributed by atoms with E-state index in [4.69, 9.17) is 0 Å². The van der Waals surface area contributed by atoms with Crippen LogP contribution in [0.15, 0.2) is 30.3 Å². The van der Waals surface area contributed by atoms with Crippen molar-refractivity contribution < 1.29 is 25.2 Å². The maximum absolute atomic E-state index is 12.0. The summed E-state index contributed by atoms with van der Waals surface area (Å²) in [7, 11) is 0. The van der Waals surface area contributed by atoms with E-state index in [2.05, 4.69) is 5.32 Å². The second kappa shape index (κ2) is 5.26. The van der Waals surface area contributed by atoms with Crippen molar-refractivity contribution in [2.75, 3.05) is 5.32 Å². The highest BCUT2D eigenvalue weighted by molar-refractivity contribution is 5.97. The molecule has 1 saturated carbocycles. The van der Waals surface area contributed by atoms with Gasteiger partial charge < -0.3 is 25.7 Å². The Kier molecular flexibility index (Phi) is 3.86. The maximum atomic E-state index is 12.0. The van der Waals surface area contributed by atoms with E-state index in [0.717, 1.165) is 0 Å². The fraction of sp³-hybridized carbons (Fsp3) is 0.462. The quantitative estimate of drug-likeness (QED) is 0.483. The highest BCUT2D eigenvalue weighted by Gasteiger charge is 2.48. The van der Waals surface area contributed by atoms with Crippen molar-refractivity contribution >= 4 is 11.6 Å². The molecule has 1 amide bonds. The van der Waals surface area contributed by atoms with Crippen molar-refractivity contribution in [3.63, 3.8) is 0 Å². The molecular weight excluding hydrogens is 250 g/mol. The first-order valence-electron chi connectivity index (χ1n) is 6.05. The van der Waals surface area contributed by atoms with Crippen LogP contribution in [0.2, 0.25) is 0 Å². The normalized spacial score (nSPS) is 34.8. The van der Waals surface area contributed by atoms with Crippen LogP contribution in [0.3, 0.4) is 0 Å². The minimum absolute atomic E-state index is 0.316. The molecule has 6 heteroatoms. The molecule has 0 heterocycles. The topological polar surface area (TPSA) is 110 Å². The first-order valence-corrected chi connectivity index (χ1v) is 6.05. The van der Waals surface area contributed by atoms with Gasteiger partial charge in [0.1, 0.15) is 11.7 Å². The molecule has 0 aromatic heterocycles. The molecule has 2 rings (SSSR count). The first kappa shape index (κ1) is 14.0. The Hall–Kier alpha value is -1.47. The summed E-state index contributed by atoms with van der Waals surface area (Å²) in [6, 6.07) is 8.56. The lowest BCUT2D eigenvalue weighted by atomic mass is 9.79. The number of hydrogen-bond acceptors (Lipinski definition) is 5. The van der Waals surface area contributed by atoms with E-state index >= 15 is 0 Å². The van der Waals surface area contributed by atoms with Crippen LogP contribution in [0, 0.1) is 0 Å². The third-order valence-corrected chi connectivity index (χ3v) is 3.34. The SMILES string of the molecule is O=C(Nc1ccccc1)C1(O)C[C@@H](O)C(O)[C@H](O)C1. The molecule has 2 atom stereocenters. The monoisotopic (exact) mass is 267 g/mol. The first-order chi connectivity index (χ1) is 8.92. The number of carbonyl (C=O) groups is 1. The number of para-hydroxylation sites is 1. The zero-order valence-corrected chi connectivity index (χ0v) is 10.2. The number of nitrogens with one attached hydrogen (secondary N) is 1. The average Bonchev–Trinajstić information content (AvgIpc) is 2.37. The van der Waals surface area contributed by atoms with E-state index in [-0.39, 0.29) is 12.8 Å². The van der Waals surface area contributed by atoms with Crippen LogP contribution in [0.5, 0.6) is 0 Å². The summed E-state index contributed by atoms with van der Waals surface area (Å²) in [6.07, 6.45) is -4.65. The second-order valence-electron chi connectivity index (χ2n) is 4.89. The van der Waals surface area contributed by atoms with Gasteiger partial charge in [0.2, 0.25) is 0 Å². The predicted octanol–water partition coefficient (Wildman–Crippen LogP) is -0.767. The summed E-state index contributed by atoms with van der Waals surface area (Å²) in [4.78, 5) is 12.0. The summed E-state index contributed by atoms with van der Waals surface area (Å²) >= 11 is 0. The van der Waals surface area contributed by atoms with E-state index in [0.29, 0.717) is 5.69 Å². The van der Waals surface area contributed by atoms with Crippen molar-refractivity contribution in [1.82, 2.24) is 0 Å². The average molecular weight is 267 g/mol. The van der Waals surface area contributed by atoms with Gasteiger partial charge in [0.15, 0.2) is 0 Å². The minimum atomic E-state index is -1.89. The number of rotatable bonds is 2. The third kappa shape index (κ3) is 2.93. The van der Waals surface area contributed by atoms with E-state index in [1.807, 2.05) is 0 Å². The fourth-order valence-corrected chi connectivity index (χ4v) is 2.23. The highest BCUT2D eigenvalue weighted by Crippen LogP contribution is 2.30. The second-order valence-corrected chi connectivity index (χ2v) is 4.89. The van der Waals surface area contributed by atoms with Gasteiger partial charge >= 0.3 is 0 Å². The van der Waals surface area contributed by atoms with E-state index in [9.17, 15) is 25.2 Å². The molecule has 1 aromatic rings. The maximum Gasteiger partial charge on any atom is 0.256 e. The molecule has 19 heavy (non-hydrogen) atoms. The van der Waals surface area contributed by atoms with Crippen LogP contribution < -0.4 is 5.32 Å². The van der Waals surface area contributed by atoms with Gasteiger partial charge in [-0.25, -0.2) is 0 Å². The zero-order chi connectivity index (χ0) is 14.0. The highest BCUT2D eigenvalue weighted by atomic mass is 16.4. The summed E-state index contributed by atoms with van der Waals surface area (Å²) in [6.45, 7) is 0. The van der Waals surface area contributed by atoms with Gasteiger partial charge in [-0.2, -0.15) is 0 Å².